The number of nitrogens with one attached hydrogen (secondary N) is 1. The van der Waals surface area contributed by atoms with Gasteiger partial charge in [-0.15, -0.1) is 0 Å². The Kier molecular flexibility index (Phi) is 6.52. The summed E-state index contributed by atoms with van der Waals surface area (Å²) in [7, 11) is 4.07. The van der Waals surface area contributed by atoms with E-state index in [9.17, 15) is 4.79 Å². The van der Waals surface area contributed by atoms with Crippen molar-refractivity contribution in [2.24, 2.45) is 5.92 Å². The van der Waals surface area contributed by atoms with Crippen LogP contribution in [-0.2, 0) is 13.1 Å². The van der Waals surface area contributed by atoms with Gasteiger partial charge < -0.3 is 10.2 Å². The van der Waals surface area contributed by atoms with Crippen LogP contribution in [0.1, 0.15) is 49.4 Å². The second-order valence-electron chi connectivity index (χ2n) is 10.3. The third-order valence-corrected chi connectivity index (χ3v) is 7.04. The molecule has 1 aromatic heterocycles. The molecule has 7 heteroatoms. The fraction of sp³-hybridized carbons (Fsp3) is 0.429. The molecule has 2 amide bonds. The first-order chi connectivity index (χ1) is 16.9. The Morgan fingerprint density at radius 3 is 2.46 bits per heavy atom. The molecule has 0 saturated carbocycles. The summed E-state index contributed by atoms with van der Waals surface area (Å²) in [6.45, 7) is 7.23. The summed E-state index contributed by atoms with van der Waals surface area (Å²) in [6, 6.07) is 19.7. The van der Waals surface area contributed by atoms with Gasteiger partial charge in [-0.05, 0) is 55.6 Å². The number of carbonyl (C=O) groups is 1. The fourth-order valence-electron chi connectivity index (χ4n) is 5.24. The molecule has 0 radical (unpaired) electrons. The molecule has 1 N–H and O–H groups in total. The van der Waals surface area contributed by atoms with Crippen molar-refractivity contribution in [3.05, 3.63) is 71.3 Å². The maximum absolute atomic E-state index is 13.0. The third-order valence-electron chi connectivity index (χ3n) is 7.04. The number of fused-ring (bicyclic) bond motifs is 1. The van der Waals surface area contributed by atoms with Crippen molar-refractivity contribution in [1.82, 2.24) is 19.6 Å². The summed E-state index contributed by atoms with van der Waals surface area (Å²) in [5, 5.41) is 8.60. The van der Waals surface area contributed by atoms with Crippen LogP contribution in [0.5, 0.6) is 0 Å². The standard InChI is InChI=1S/C28H36N6O/c1-20(2)17-33-27-24(19-32(4)28(33)35)26(29-23-9-6-5-7-10-23)34(30-27)18-21-12-14-22(15-13-21)25-11-8-16-31(25)3/h5-7,9-10,12-15,20,25,29H,8,11,16-19H2,1-4H3. The van der Waals surface area contributed by atoms with Gasteiger partial charge in [0.25, 0.3) is 0 Å². The van der Waals surface area contributed by atoms with Crippen LogP contribution in [0.2, 0.25) is 0 Å². The van der Waals surface area contributed by atoms with E-state index < -0.39 is 0 Å². The number of nitrogens with zero attached hydrogens (tertiary/aromatic N) is 5. The van der Waals surface area contributed by atoms with Gasteiger partial charge in [-0.1, -0.05) is 56.3 Å². The molecule has 0 aliphatic carbocycles. The Morgan fingerprint density at radius 2 is 1.80 bits per heavy atom. The minimum Gasteiger partial charge on any atom is -0.340 e. The lowest BCUT2D eigenvalue weighted by molar-refractivity contribution is 0.209. The number of anilines is 3. The third kappa shape index (κ3) is 4.78. The Hall–Kier alpha value is -3.32. The van der Waals surface area contributed by atoms with Crippen LogP contribution in [0, 0.1) is 5.92 Å². The lowest BCUT2D eigenvalue weighted by Crippen LogP contribution is -2.46. The molecule has 1 atom stereocenters. The number of urea groups is 1. The zero-order valence-corrected chi connectivity index (χ0v) is 21.2. The van der Waals surface area contributed by atoms with Crippen LogP contribution in [-0.4, -0.2) is 52.8 Å². The lowest BCUT2D eigenvalue weighted by Gasteiger charge is -2.33. The number of amides is 2. The maximum Gasteiger partial charge on any atom is 0.325 e. The summed E-state index contributed by atoms with van der Waals surface area (Å²) >= 11 is 0. The number of likely N-dealkylation sites (tertiary alicyclic amines) is 1. The number of rotatable bonds is 7. The number of hydrogen-bond donors (Lipinski definition) is 1. The number of carbonyl (C=O) groups excluding carboxylic acids is 1. The van der Waals surface area contributed by atoms with E-state index in [1.54, 1.807) is 4.90 Å². The quantitative estimate of drug-likeness (QED) is 0.495. The first-order valence-electron chi connectivity index (χ1n) is 12.6. The van der Waals surface area contributed by atoms with Crippen LogP contribution in [0.25, 0.3) is 0 Å². The minimum absolute atomic E-state index is 0.00662. The molecule has 1 saturated heterocycles. The van der Waals surface area contributed by atoms with Crippen molar-refractivity contribution in [2.45, 2.75) is 45.8 Å². The van der Waals surface area contributed by atoms with Gasteiger partial charge in [0.15, 0.2) is 5.82 Å². The summed E-state index contributed by atoms with van der Waals surface area (Å²) in [4.78, 5) is 19.1. The highest BCUT2D eigenvalue weighted by atomic mass is 16.2. The van der Waals surface area contributed by atoms with Crippen molar-refractivity contribution in [3.8, 4) is 0 Å². The molecule has 2 aromatic carbocycles. The first-order valence-corrected chi connectivity index (χ1v) is 12.6. The Labute approximate surface area is 208 Å². The first kappa shape index (κ1) is 23.4. The summed E-state index contributed by atoms with van der Waals surface area (Å²) < 4.78 is 2.02. The Balaban J connectivity index is 1.50. The number of benzene rings is 2. The molecule has 7 nitrogen and oxygen atoms in total. The monoisotopic (exact) mass is 472 g/mol. The average molecular weight is 473 g/mol. The van der Waals surface area contributed by atoms with E-state index in [2.05, 4.69) is 67.5 Å². The smallest absolute Gasteiger partial charge is 0.325 e. The number of aromatic nitrogens is 2. The van der Waals surface area contributed by atoms with E-state index in [0.29, 0.717) is 31.6 Å². The second kappa shape index (κ2) is 9.74. The summed E-state index contributed by atoms with van der Waals surface area (Å²) in [5.74, 6) is 2.05. The zero-order valence-electron chi connectivity index (χ0n) is 21.2. The molecular weight excluding hydrogens is 436 g/mol. The van der Waals surface area contributed by atoms with E-state index in [-0.39, 0.29) is 6.03 Å². The van der Waals surface area contributed by atoms with Crippen molar-refractivity contribution < 1.29 is 4.79 Å². The van der Waals surface area contributed by atoms with Gasteiger partial charge in [-0.3, -0.25) is 9.80 Å². The number of para-hydroxylation sites is 1. The van der Waals surface area contributed by atoms with E-state index in [1.807, 2.05) is 34.8 Å². The highest BCUT2D eigenvalue weighted by Crippen LogP contribution is 2.36. The Bertz CT molecular complexity index is 1170. The van der Waals surface area contributed by atoms with Gasteiger partial charge in [0.2, 0.25) is 0 Å². The van der Waals surface area contributed by atoms with Gasteiger partial charge in [0.1, 0.15) is 5.82 Å². The molecule has 3 heterocycles. The van der Waals surface area contributed by atoms with Crippen molar-refractivity contribution in [3.63, 3.8) is 0 Å². The molecule has 2 aliphatic heterocycles. The molecule has 1 fully saturated rings. The molecule has 35 heavy (non-hydrogen) atoms. The van der Waals surface area contributed by atoms with Crippen LogP contribution >= 0.6 is 0 Å². The highest BCUT2D eigenvalue weighted by Gasteiger charge is 2.34. The fourth-order valence-corrected chi connectivity index (χ4v) is 5.24. The Morgan fingerprint density at radius 1 is 1.06 bits per heavy atom. The molecule has 2 aliphatic rings. The summed E-state index contributed by atoms with van der Waals surface area (Å²) in [6.07, 6.45) is 2.48. The molecule has 3 aromatic rings. The highest BCUT2D eigenvalue weighted by molar-refractivity contribution is 5.95. The van der Waals surface area contributed by atoms with Gasteiger partial charge in [0, 0.05) is 25.3 Å². The van der Waals surface area contributed by atoms with Crippen molar-refractivity contribution in [2.75, 3.05) is 37.4 Å². The van der Waals surface area contributed by atoms with E-state index in [0.717, 1.165) is 22.9 Å². The molecule has 1 unspecified atom stereocenters. The van der Waals surface area contributed by atoms with E-state index in [4.69, 9.17) is 5.10 Å². The largest absolute Gasteiger partial charge is 0.340 e. The van der Waals surface area contributed by atoms with Gasteiger partial charge in [0.05, 0.1) is 18.7 Å². The summed E-state index contributed by atoms with van der Waals surface area (Å²) in [5.41, 5.74) is 4.64. The van der Waals surface area contributed by atoms with Crippen molar-refractivity contribution in [1.29, 1.82) is 0 Å². The topological polar surface area (TPSA) is 56.6 Å². The van der Waals surface area contributed by atoms with Crippen LogP contribution in [0.3, 0.4) is 0 Å². The van der Waals surface area contributed by atoms with E-state index >= 15 is 0 Å². The molecule has 5 rings (SSSR count). The molecule has 184 valence electrons. The van der Waals surface area contributed by atoms with Gasteiger partial charge in [-0.25, -0.2) is 9.48 Å². The molecule has 0 bridgehead atoms. The van der Waals surface area contributed by atoms with Gasteiger partial charge >= 0.3 is 6.03 Å². The normalized spacial score (nSPS) is 18.4. The van der Waals surface area contributed by atoms with Crippen LogP contribution in [0.4, 0.5) is 22.1 Å². The SMILES string of the molecule is CC(C)CN1C(=O)N(C)Cc2c1nn(Cc1ccc(C3CCCN3C)cc1)c2Nc1ccccc1. The average Bonchev–Trinajstić information content (AvgIpc) is 3.41. The second-order valence-corrected chi connectivity index (χ2v) is 10.3. The predicted molar refractivity (Wildman–Crippen MR) is 141 cm³/mol. The number of hydrogen-bond acceptors (Lipinski definition) is 4. The van der Waals surface area contributed by atoms with Crippen LogP contribution < -0.4 is 10.2 Å². The zero-order chi connectivity index (χ0) is 24.5. The molecular formula is C28H36N6O. The van der Waals surface area contributed by atoms with E-state index in [1.165, 1.54) is 30.5 Å². The maximum atomic E-state index is 13.0. The predicted octanol–water partition coefficient (Wildman–Crippen LogP) is 5.47. The minimum atomic E-state index is 0.00662. The van der Waals surface area contributed by atoms with Gasteiger partial charge in [-0.2, -0.15) is 5.10 Å². The lowest BCUT2D eigenvalue weighted by atomic mass is 10.0. The molecule has 0 spiro atoms. The van der Waals surface area contributed by atoms with Crippen LogP contribution in [0.15, 0.2) is 54.6 Å². The van der Waals surface area contributed by atoms with Crippen molar-refractivity contribution >= 4 is 23.4 Å².